The largest absolute Gasteiger partial charge is 0.504 e. The molecule has 0 aliphatic rings. The maximum absolute atomic E-state index is 12.5. The molecule has 1 unspecified atom stereocenters. The molecule has 0 fully saturated rings. The molecule has 0 spiro atoms. The molecule has 0 radical (unpaired) electrons. The second-order valence-electron chi connectivity index (χ2n) is 12.9. The van der Waals surface area contributed by atoms with Crippen LogP contribution < -0.4 is 15.3 Å². The van der Waals surface area contributed by atoms with Crippen LogP contribution >= 0.6 is 15.2 Å². The Kier molecular flexibility index (Phi) is 16.2. The van der Waals surface area contributed by atoms with Gasteiger partial charge in [-0.25, -0.2) is 4.57 Å². The zero-order valence-corrected chi connectivity index (χ0v) is 32.3. The Hall–Kier alpha value is -4.36. The molecular weight excluding hydrogens is 794 g/mol. The minimum absolute atomic E-state index is 0.00206. The van der Waals surface area contributed by atoms with Crippen molar-refractivity contribution in [2.24, 2.45) is 0 Å². The number of phenols is 2. The normalized spacial score (nSPS) is 12.8. The number of aliphatic hydroxyl groups is 2. The SMILES string of the molecule is O=C(CCOCCOCCOCCNC(=O)c1ccc(-c2cc(=O)c3ccc(O)c(O)c3o2)cc1)CCC(O)C[n+]1cccc(CC(O)(P(=O)(O)O)P(=O)(O)O)c1. The zero-order valence-electron chi connectivity index (χ0n) is 30.5. The topological polar surface area (TPSA) is 304 Å². The maximum atomic E-state index is 12.5. The van der Waals surface area contributed by atoms with Crippen LogP contribution in [0.1, 0.15) is 35.2 Å². The van der Waals surface area contributed by atoms with Gasteiger partial charge in [0.2, 0.25) is 5.75 Å². The summed E-state index contributed by atoms with van der Waals surface area (Å²) in [5.41, 5.74) is 0.288. The molecule has 4 rings (SSSR count). The zero-order chi connectivity index (χ0) is 41.8. The van der Waals surface area contributed by atoms with Crippen LogP contribution in [0.5, 0.6) is 11.5 Å². The predicted molar refractivity (Wildman–Crippen MR) is 200 cm³/mol. The molecule has 1 amide bonds. The molecular formula is C36H45N2O17P2+. The number of aliphatic hydroxyl groups excluding tert-OH is 1. The second kappa shape index (κ2) is 20.4. The van der Waals surface area contributed by atoms with Crippen molar-refractivity contribution in [3.8, 4) is 22.8 Å². The summed E-state index contributed by atoms with van der Waals surface area (Å²) in [5.74, 6) is -1.31. The first-order chi connectivity index (χ1) is 26.9. The van der Waals surface area contributed by atoms with E-state index in [0.717, 1.165) is 0 Å². The number of aromatic hydroxyl groups is 2. The first-order valence-corrected chi connectivity index (χ1v) is 20.7. The van der Waals surface area contributed by atoms with Gasteiger partial charge in [-0.1, -0.05) is 12.1 Å². The summed E-state index contributed by atoms with van der Waals surface area (Å²) in [7, 11) is -11.3. The van der Waals surface area contributed by atoms with Crippen LogP contribution in [0.4, 0.5) is 0 Å². The number of hydrogen-bond donors (Lipinski definition) is 9. The van der Waals surface area contributed by atoms with E-state index in [9.17, 15) is 63.5 Å². The molecule has 310 valence electrons. The highest BCUT2D eigenvalue weighted by Gasteiger charge is 2.59. The number of hydrogen-bond acceptors (Lipinski definition) is 13. The third-order valence-electron chi connectivity index (χ3n) is 8.55. The smallest absolute Gasteiger partial charge is 0.369 e. The molecule has 4 aromatic rings. The van der Waals surface area contributed by atoms with Crippen LogP contribution in [0.2, 0.25) is 0 Å². The molecule has 0 aliphatic heterocycles. The van der Waals surface area contributed by atoms with Gasteiger partial charge in [-0.15, -0.1) is 0 Å². The number of amides is 1. The average molecular weight is 840 g/mol. The van der Waals surface area contributed by atoms with Crippen molar-refractivity contribution in [2.75, 3.05) is 46.2 Å². The van der Waals surface area contributed by atoms with E-state index in [1.807, 2.05) is 0 Å². The van der Waals surface area contributed by atoms with Crippen LogP contribution in [0.25, 0.3) is 22.3 Å². The standard InChI is InChI=1S/C36H44N2O17P2/c39-27(7-8-28(40)23-38-13-1-2-24(22-38)21-36(45,56(46,47)48)57(49,50)51)11-14-52-16-18-54-19-17-53-15-12-37-35(44)26-5-3-25(4-6-26)32-20-31(42)29-9-10-30(41)33(43)34(29)55-32/h1-6,9-10,13,20,22,28,40,45H,7-8,11-12,14-19,21,23H2,(H6-,37,41,42,43,44,46,47,48,49,50,51)/p+1. The first-order valence-electron chi connectivity index (χ1n) is 17.5. The molecule has 57 heavy (non-hydrogen) atoms. The van der Waals surface area contributed by atoms with Gasteiger partial charge in [-0.3, -0.25) is 23.5 Å². The fraction of sp³-hybridized carbons (Fsp3) is 0.389. The van der Waals surface area contributed by atoms with Crippen molar-refractivity contribution in [3.05, 3.63) is 88.3 Å². The van der Waals surface area contributed by atoms with Crippen LogP contribution in [-0.4, -0.2) is 109 Å². The summed E-state index contributed by atoms with van der Waals surface area (Å²) in [6.07, 6.45) is 0.993. The fourth-order valence-electron chi connectivity index (χ4n) is 5.42. The van der Waals surface area contributed by atoms with Crippen LogP contribution in [-0.2, 0) is 41.1 Å². The molecule has 0 saturated heterocycles. The molecule has 2 heterocycles. The van der Waals surface area contributed by atoms with Crippen LogP contribution in [0, 0.1) is 0 Å². The van der Waals surface area contributed by atoms with Gasteiger partial charge in [0.15, 0.2) is 35.7 Å². The number of aromatic nitrogens is 1. The number of ether oxygens (including phenoxy) is 3. The van der Waals surface area contributed by atoms with E-state index in [0.29, 0.717) is 11.1 Å². The van der Waals surface area contributed by atoms with Gasteiger partial charge in [0.1, 0.15) is 17.6 Å². The van der Waals surface area contributed by atoms with Crippen molar-refractivity contribution >= 4 is 37.9 Å². The fourth-order valence-corrected chi connectivity index (χ4v) is 7.55. The summed E-state index contributed by atoms with van der Waals surface area (Å²) >= 11 is 0. The van der Waals surface area contributed by atoms with E-state index in [-0.39, 0.29) is 106 Å². The highest BCUT2D eigenvalue weighted by molar-refractivity contribution is 7.72. The van der Waals surface area contributed by atoms with Gasteiger partial charge in [0.05, 0.1) is 45.0 Å². The number of fused-ring (bicyclic) bond motifs is 1. The van der Waals surface area contributed by atoms with Gasteiger partial charge in [0, 0.05) is 54.6 Å². The minimum atomic E-state index is -5.64. The molecule has 0 aliphatic carbocycles. The van der Waals surface area contributed by atoms with Gasteiger partial charge >= 0.3 is 15.2 Å². The number of Topliss-reactive ketones (excluding diaryl/α,β-unsaturated/α-hetero) is 1. The Morgan fingerprint density at radius 3 is 2.14 bits per heavy atom. The number of benzene rings is 2. The molecule has 19 nitrogen and oxygen atoms in total. The van der Waals surface area contributed by atoms with E-state index < -0.39 is 49.7 Å². The number of nitrogens with zero attached hydrogens (tertiary/aromatic N) is 1. The van der Waals surface area contributed by atoms with Gasteiger partial charge in [-0.2, -0.15) is 0 Å². The third-order valence-corrected chi connectivity index (χ3v) is 12.3. The highest BCUT2D eigenvalue weighted by atomic mass is 31.2. The van der Waals surface area contributed by atoms with Crippen molar-refractivity contribution in [2.45, 2.75) is 43.4 Å². The van der Waals surface area contributed by atoms with Gasteiger partial charge in [0.25, 0.3) is 11.0 Å². The van der Waals surface area contributed by atoms with E-state index in [1.54, 1.807) is 24.3 Å². The molecule has 2 aromatic heterocycles. The average Bonchev–Trinajstić information content (AvgIpc) is 3.15. The Morgan fingerprint density at radius 2 is 1.49 bits per heavy atom. The summed E-state index contributed by atoms with van der Waals surface area (Å²) in [4.78, 5) is 74.7. The molecule has 1 atom stereocenters. The van der Waals surface area contributed by atoms with Crippen molar-refractivity contribution in [1.82, 2.24) is 5.32 Å². The number of carbonyl (C=O) groups is 2. The number of nitrogens with one attached hydrogen (secondary N) is 1. The first kappa shape index (κ1) is 45.3. The Balaban J connectivity index is 1.02. The minimum Gasteiger partial charge on any atom is -0.504 e. The molecule has 0 saturated carbocycles. The summed E-state index contributed by atoms with van der Waals surface area (Å²) in [5, 5.41) is 39.6. The van der Waals surface area contributed by atoms with E-state index in [2.05, 4.69) is 5.32 Å². The lowest BCUT2D eigenvalue weighted by atomic mass is 10.1. The van der Waals surface area contributed by atoms with Gasteiger partial charge < -0.3 is 63.9 Å². The second-order valence-corrected chi connectivity index (χ2v) is 16.9. The van der Waals surface area contributed by atoms with Gasteiger partial charge in [-0.05, 0) is 36.8 Å². The lowest BCUT2D eigenvalue weighted by Crippen LogP contribution is -2.40. The number of pyridine rings is 1. The highest BCUT2D eigenvalue weighted by Crippen LogP contribution is 2.68. The Bertz CT molecular complexity index is 2130. The molecule has 0 bridgehead atoms. The quantitative estimate of drug-likeness (QED) is 0.0220. The number of rotatable bonds is 23. The Labute approximate surface area is 325 Å². The summed E-state index contributed by atoms with van der Waals surface area (Å²) in [6, 6.07) is 12.8. The summed E-state index contributed by atoms with van der Waals surface area (Å²) < 4.78 is 46.7. The van der Waals surface area contributed by atoms with Crippen LogP contribution in [0.3, 0.4) is 0 Å². The number of carbonyl (C=O) groups excluding carboxylic acids is 2. The van der Waals surface area contributed by atoms with Crippen molar-refractivity contribution < 1.29 is 81.9 Å². The number of phenolic OH excluding ortho intramolecular Hbond substituents is 2. The Morgan fingerprint density at radius 1 is 0.860 bits per heavy atom. The van der Waals surface area contributed by atoms with E-state index in [4.69, 9.17) is 18.6 Å². The number of ketones is 1. The molecule has 2 aromatic carbocycles. The van der Waals surface area contributed by atoms with E-state index >= 15 is 0 Å². The van der Waals surface area contributed by atoms with Crippen molar-refractivity contribution in [3.63, 3.8) is 0 Å². The third kappa shape index (κ3) is 12.8. The molecule has 21 heteroatoms. The van der Waals surface area contributed by atoms with Crippen molar-refractivity contribution in [1.29, 1.82) is 0 Å². The molecule has 9 N–H and O–H groups in total. The predicted octanol–water partition coefficient (Wildman–Crippen LogP) is 1.28. The lowest BCUT2D eigenvalue weighted by Gasteiger charge is -2.28. The monoisotopic (exact) mass is 839 g/mol. The lowest BCUT2D eigenvalue weighted by molar-refractivity contribution is -0.704. The van der Waals surface area contributed by atoms with Crippen LogP contribution in [0.15, 0.2) is 76.2 Å². The summed E-state index contributed by atoms with van der Waals surface area (Å²) in [6.45, 7) is 1.60. The maximum Gasteiger partial charge on any atom is 0.369 e. The van der Waals surface area contributed by atoms with E-state index in [1.165, 1.54) is 47.3 Å².